The average Bonchev–Trinajstić information content (AvgIpc) is 2.70. The van der Waals surface area contributed by atoms with E-state index in [2.05, 4.69) is 34.5 Å². The van der Waals surface area contributed by atoms with Crippen LogP contribution in [-0.4, -0.2) is 28.6 Å². The highest BCUT2D eigenvalue weighted by atomic mass is 127. The number of hydrogen-bond acceptors (Lipinski definition) is 3. The van der Waals surface area contributed by atoms with E-state index in [0.29, 0.717) is 17.6 Å². The van der Waals surface area contributed by atoms with Crippen molar-refractivity contribution >= 4 is 28.5 Å². The fourth-order valence-electron chi connectivity index (χ4n) is 2.74. The zero-order chi connectivity index (χ0) is 19.5. The van der Waals surface area contributed by atoms with Crippen LogP contribution in [0.15, 0.2) is 73.3 Å². The number of ether oxygens (including phenoxy) is 2. The van der Waals surface area contributed by atoms with Crippen LogP contribution in [0.3, 0.4) is 0 Å². The number of carbonyl (C=O) groups excluding carboxylic acids is 1. The third-order valence-electron chi connectivity index (χ3n) is 4.08. The third-order valence-corrected chi connectivity index (χ3v) is 5.03. The van der Waals surface area contributed by atoms with Crippen LogP contribution < -0.4 is 5.32 Å². The Morgan fingerprint density at radius 3 is 2.00 bits per heavy atom. The molecule has 144 valence electrons. The van der Waals surface area contributed by atoms with Gasteiger partial charge >= 0.3 is 0 Å². The third kappa shape index (κ3) is 7.44. The van der Waals surface area contributed by atoms with Gasteiger partial charge in [-0.1, -0.05) is 89.3 Å². The summed E-state index contributed by atoms with van der Waals surface area (Å²) in [5, 5.41) is 2.98. The average molecular weight is 479 g/mol. The van der Waals surface area contributed by atoms with Crippen LogP contribution in [0.5, 0.6) is 0 Å². The Morgan fingerprint density at radius 1 is 1.04 bits per heavy atom. The summed E-state index contributed by atoms with van der Waals surface area (Å²) in [6.45, 7) is 6.34. The van der Waals surface area contributed by atoms with E-state index in [0.717, 1.165) is 11.1 Å². The highest BCUT2D eigenvalue weighted by Crippen LogP contribution is 2.17. The fraction of sp³-hybridized carbons (Fsp3) is 0.318. The summed E-state index contributed by atoms with van der Waals surface area (Å²) in [5.41, 5.74) is 2.15. The van der Waals surface area contributed by atoms with Gasteiger partial charge in [0.15, 0.2) is 0 Å². The van der Waals surface area contributed by atoms with Gasteiger partial charge in [0.05, 0.1) is 19.3 Å². The van der Waals surface area contributed by atoms with Gasteiger partial charge in [0.2, 0.25) is 5.91 Å². The predicted octanol–water partition coefficient (Wildman–Crippen LogP) is 4.28. The van der Waals surface area contributed by atoms with E-state index >= 15 is 0 Å². The van der Waals surface area contributed by atoms with Crippen molar-refractivity contribution in [3.05, 3.63) is 84.4 Å². The highest BCUT2D eigenvalue weighted by molar-refractivity contribution is 14.1. The Bertz CT molecular complexity index is 693. The maximum Gasteiger partial charge on any atom is 0.217 e. The Labute approximate surface area is 175 Å². The summed E-state index contributed by atoms with van der Waals surface area (Å²) in [5.74, 6) is -0.0872. The molecule has 0 unspecified atom stereocenters. The number of alkyl halides is 1. The molecule has 3 atom stereocenters. The van der Waals surface area contributed by atoms with Gasteiger partial charge in [-0.25, -0.2) is 0 Å². The van der Waals surface area contributed by atoms with E-state index in [4.69, 9.17) is 9.47 Å². The zero-order valence-electron chi connectivity index (χ0n) is 15.5. The summed E-state index contributed by atoms with van der Waals surface area (Å²) in [7, 11) is 0. The summed E-state index contributed by atoms with van der Waals surface area (Å²) in [6.07, 6.45) is 1.06. The molecule has 0 radical (unpaired) electrons. The van der Waals surface area contributed by atoms with E-state index < -0.39 is 0 Å². The normalized spacial score (nSPS) is 14.1. The lowest BCUT2D eigenvalue weighted by atomic mass is 10.1. The second-order valence-corrected chi connectivity index (χ2v) is 7.10. The molecule has 2 aromatic rings. The van der Waals surface area contributed by atoms with Gasteiger partial charge in [0.25, 0.3) is 0 Å². The van der Waals surface area contributed by atoms with Gasteiger partial charge in [-0.15, -0.1) is 6.58 Å². The molecule has 2 rings (SSSR count). The van der Waals surface area contributed by atoms with Crippen molar-refractivity contribution in [1.82, 2.24) is 5.32 Å². The number of hydrogen-bond donors (Lipinski definition) is 1. The van der Waals surface area contributed by atoms with Crippen LogP contribution in [0.25, 0.3) is 0 Å². The molecular formula is C22H26INO3. The van der Waals surface area contributed by atoms with E-state index in [9.17, 15) is 4.79 Å². The second kappa shape index (κ2) is 11.9. The molecular weight excluding hydrogens is 453 g/mol. The molecule has 0 aliphatic carbocycles. The lowest BCUT2D eigenvalue weighted by molar-refractivity contribution is -0.123. The number of nitrogens with one attached hydrogen (secondary N) is 1. The molecule has 0 aliphatic rings. The van der Waals surface area contributed by atoms with Crippen molar-refractivity contribution in [2.45, 2.75) is 38.4 Å². The van der Waals surface area contributed by atoms with E-state index in [-0.39, 0.29) is 24.2 Å². The van der Waals surface area contributed by atoms with Crippen LogP contribution >= 0.6 is 22.6 Å². The van der Waals surface area contributed by atoms with Gasteiger partial charge in [-0.05, 0) is 11.1 Å². The standard InChI is InChI=1S/C22H26INO3/c1-3-21(26-15-18-10-6-4-7-11-18)22(20(14-23)24-17(2)25)27-16-19-12-8-5-9-13-19/h3-13,20-22H,1,14-16H2,2H3,(H,24,25)/t20-,21+,22+/m0/s1. The fourth-order valence-corrected chi connectivity index (χ4v) is 3.46. The lowest BCUT2D eigenvalue weighted by Crippen LogP contribution is -2.50. The van der Waals surface area contributed by atoms with Gasteiger partial charge in [-0.3, -0.25) is 4.79 Å². The minimum Gasteiger partial charge on any atom is -0.368 e. The van der Waals surface area contributed by atoms with Gasteiger partial charge in [0.1, 0.15) is 12.2 Å². The first-order valence-electron chi connectivity index (χ1n) is 8.90. The van der Waals surface area contributed by atoms with Gasteiger partial charge in [-0.2, -0.15) is 0 Å². The molecule has 1 amide bonds. The van der Waals surface area contributed by atoms with Crippen LogP contribution in [0, 0.1) is 0 Å². The number of amides is 1. The Morgan fingerprint density at radius 2 is 1.56 bits per heavy atom. The predicted molar refractivity (Wildman–Crippen MR) is 117 cm³/mol. The Hall–Kier alpha value is -1.70. The zero-order valence-corrected chi connectivity index (χ0v) is 17.7. The quantitative estimate of drug-likeness (QED) is 0.297. The minimum atomic E-state index is -0.347. The summed E-state index contributed by atoms with van der Waals surface area (Å²) >= 11 is 2.26. The highest BCUT2D eigenvalue weighted by Gasteiger charge is 2.30. The van der Waals surface area contributed by atoms with Crippen molar-refractivity contribution < 1.29 is 14.3 Å². The van der Waals surface area contributed by atoms with Crippen LogP contribution in [0.2, 0.25) is 0 Å². The summed E-state index contributed by atoms with van der Waals surface area (Å²) in [6, 6.07) is 19.8. The van der Waals surface area contributed by atoms with Gasteiger partial charge < -0.3 is 14.8 Å². The molecule has 0 bridgehead atoms. The molecule has 0 spiro atoms. The van der Waals surface area contributed by atoms with Crippen LogP contribution in [-0.2, 0) is 27.5 Å². The maximum atomic E-state index is 11.6. The van der Waals surface area contributed by atoms with Crippen molar-refractivity contribution in [2.24, 2.45) is 0 Å². The molecule has 2 aromatic carbocycles. The number of benzene rings is 2. The maximum absolute atomic E-state index is 11.6. The van der Waals surface area contributed by atoms with E-state index in [1.165, 1.54) is 6.92 Å². The lowest BCUT2D eigenvalue weighted by Gasteiger charge is -2.31. The van der Waals surface area contributed by atoms with Crippen LogP contribution in [0.1, 0.15) is 18.1 Å². The van der Waals surface area contributed by atoms with Crippen molar-refractivity contribution in [3.8, 4) is 0 Å². The largest absolute Gasteiger partial charge is 0.368 e. The molecule has 0 aromatic heterocycles. The first-order valence-corrected chi connectivity index (χ1v) is 10.4. The monoisotopic (exact) mass is 479 g/mol. The van der Waals surface area contributed by atoms with Crippen LogP contribution in [0.4, 0.5) is 0 Å². The summed E-state index contributed by atoms with van der Waals surface area (Å²) < 4.78 is 13.0. The molecule has 0 fully saturated rings. The molecule has 0 saturated heterocycles. The molecule has 27 heavy (non-hydrogen) atoms. The SMILES string of the molecule is C=C[C@@H](OCc1ccccc1)[C@H](OCc1ccccc1)[C@H](CI)NC(C)=O. The van der Waals surface area contributed by atoms with Gasteiger partial charge in [0, 0.05) is 11.4 Å². The Balaban J connectivity index is 2.11. The van der Waals surface area contributed by atoms with Crippen molar-refractivity contribution in [3.63, 3.8) is 0 Å². The number of carbonyl (C=O) groups is 1. The van der Waals surface area contributed by atoms with Crippen molar-refractivity contribution in [2.75, 3.05) is 4.43 Å². The molecule has 1 N–H and O–H groups in total. The smallest absolute Gasteiger partial charge is 0.217 e. The molecule has 0 heterocycles. The topological polar surface area (TPSA) is 47.6 Å². The van der Waals surface area contributed by atoms with Crippen molar-refractivity contribution in [1.29, 1.82) is 0 Å². The molecule has 0 saturated carbocycles. The molecule has 4 nitrogen and oxygen atoms in total. The first-order chi connectivity index (χ1) is 13.1. The number of rotatable bonds is 11. The van der Waals surface area contributed by atoms with E-state index in [1.54, 1.807) is 6.08 Å². The molecule has 0 aliphatic heterocycles. The summed E-state index contributed by atoms with van der Waals surface area (Å²) in [4.78, 5) is 11.6. The number of halogens is 1. The van der Waals surface area contributed by atoms with E-state index in [1.807, 2.05) is 60.7 Å². The Kier molecular flexibility index (Phi) is 9.52. The first kappa shape index (κ1) is 21.6. The molecule has 5 heteroatoms. The second-order valence-electron chi connectivity index (χ2n) is 6.22. The minimum absolute atomic E-state index is 0.0872.